The van der Waals surface area contributed by atoms with Gasteiger partial charge in [0.1, 0.15) is 5.75 Å². The predicted octanol–water partition coefficient (Wildman–Crippen LogP) is 3.95. The molecule has 0 aliphatic rings. The number of hydrogen-bond acceptors (Lipinski definition) is 6. The first-order chi connectivity index (χ1) is 15.2. The fraction of sp³-hybridized carbons (Fsp3) is 0.348. The molecule has 0 saturated heterocycles. The van der Waals surface area contributed by atoms with Gasteiger partial charge in [0, 0.05) is 25.5 Å². The predicted molar refractivity (Wildman–Crippen MR) is 123 cm³/mol. The van der Waals surface area contributed by atoms with Crippen LogP contribution in [0.15, 0.2) is 58.5 Å². The maximum absolute atomic E-state index is 13.1. The van der Waals surface area contributed by atoms with Crippen LogP contribution in [0.2, 0.25) is 0 Å². The van der Waals surface area contributed by atoms with Gasteiger partial charge < -0.3 is 9.47 Å². The molecule has 0 fully saturated rings. The Morgan fingerprint density at radius 2 is 1.84 bits per heavy atom. The van der Waals surface area contributed by atoms with Gasteiger partial charge in [0.2, 0.25) is 5.78 Å². The largest absolute Gasteiger partial charge is 0.492 e. The van der Waals surface area contributed by atoms with Crippen LogP contribution in [0.1, 0.15) is 18.9 Å². The third kappa shape index (κ3) is 4.60. The number of thioether (sulfide) groups is 1. The van der Waals surface area contributed by atoms with Crippen LogP contribution in [0, 0.1) is 6.92 Å². The smallest absolute Gasteiger partial charge is 0.262 e. The molecule has 0 bridgehead atoms. The van der Waals surface area contributed by atoms with Crippen LogP contribution >= 0.6 is 11.8 Å². The van der Waals surface area contributed by atoms with Gasteiger partial charge in [0.05, 0.1) is 17.5 Å². The van der Waals surface area contributed by atoms with Crippen molar-refractivity contribution < 1.29 is 9.47 Å². The maximum atomic E-state index is 13.1. The lowest BCUT2D eigenvalue weighted by Gasteiger charge is -2.11. The van der Waals surface area contributed by atoms with E-state index in [1.807, 2.05) is 66.8 Å². The Bertz CT molecular complexity index is 1230. The fourth-order valence-corrected chi connectivity index (χ4v) is 4.26. The minimum atomic E-state index is -0.0496. The van der Waals surface area contributed by atoms with Crippen molar-refractivity contribution in [2.45, 2.75) is 32.0 Å². The SMILES string of the molecule is CCOCCCn1c(=O)c2ccccc2n2c(SCCOc3ccccc3C)nnc12. The van der Waals surface area contributed by atoms with Crippen molar-refractivity contribution in [2.24, 2.45) is 0 Å². The topological polar surface area (TPSA) is 70.7 Å². The highest BCUT2D eigenvalue weighted by atomic mass is 32.2. The molecule has 0 aliphatic carbocycles. The number of benzene rings is 2. The summed E-state index contributed by atoms with van der Waals surface area (Å²) >= 11 is 1.57. The Balaban J connectivity index is 1.59. The van der Waals surface area contributed by atoms with E-state index in [0.29, 0.717) is 43.3 Å². The first kappa shape index (κ1) is 21.4. The minimum Gasteiger partial charge on any atom is -0.492 e. The van der Waals surface area contributed by atoms with E-state index < -0.39 is 0 Å². The zero-order chi connectivity index (χ0) is 21.6. The Hall–Kier alpha value is -2.84. The maximum Gasteiger partial charge on any atom is 0.262 e. The molecule has 31 heavy (non-hydrogen) atoms. The molecule has 4 aromatic rings. The quantitative estimate of drug-likeness (QED) is 0.276. The van der Waals surface area contributed by atoms with Crippen molar-refractivity contribution in [1.29, 1.82) is 0 Å². The first-order valence-corrected chi connectivity index (χ1v) is 11.4. The number of nitrogens with zero attached hydrogens (tertiary/aromatic N) is 4. The number of ether oxygens (including phenoxy) is 2. The molecule has 2 heterocycles. The van der Waals surface area contributed by atoms with Gasteiger partial charge in [-0.2, -0.15) is 0 Å². The fourth-order valence-electron chi connectivity index (χ4n) is 3.50. The molecule has 4 rings (SSSR count). The standard InChI is InChI=1S/C23H26N4O3S/c1-3-29-14-8-13-26-21(28)18-10-5-6-11-19(18)27-22(26)24-25-23(27)31-16-15-30-20-12-7-4-9-17(20)2/h4-7,9-12H,3,8,13-16H2,1-2H3. The second-order valence-electron chi connectivity index (χ2n) is 7.10. The molecule has 0 aliphatic heterocycles. The number of rotatable bonds is 10. The van der Waals surface area contributed by atoms with Crippen molar-refractivity contribution in [3.63, 3.8) is 0 Å². The van der Waals surface area contributed by atoms with Crippen LogP contribution in [-0.2, 0) is 11.3 Å². The van der Waals surface area contributed by atoms with Gasteiger partial charge in [0.15, 0.2) is 5.16 Å². The highest BCUT2D eigenvalue weighted by molar-refractivity contribution is 7.99. The van der Waals surface area contributed by atoms with E-state index in [0.717, 1.165) is 28.4 Å². The molecule has 0 saturated carbocycles. The third-order valence-electron chi connectivity index (χ3n) is 5.02. The van der Waals surface area contributed by atoms with E-state index in [9.17, 15) is 4.79 Å². The second kappa shape index (κ2) is 9.98. The van der Waals surface area contributed by atoms with Crippen LogP contribution in [-0.4, -0.2) is 44.7 Å². The van der Waals surface area contributed by atoms with Crippen molar-refractivity contribution >= 4 is 28.4 Å². The summed E-state index contributed by atoms with van der Waals surface area (Å²) in [5, 5.41) is 10.1. The molecule has 0 atom stereocenters. The summed E-state index contributed by atoms with van der Waals surface area (Å²) in [5.74, 6) is 2.16. The molecule has 2 aromatic heterocycles. The lowest BCUT2D eigenvalue weighted by atomic mass is 10.2. The van der Waals surface area contributed by atoms with E-state index in [1.54, 1.807) is 16.3 Å². The highest BCUT2D eigenvalue weighted by Crippen LogP contribution is 2.22. The van der Waals surface area contributed by atoms with Crippen LogP contribution in [0.4, 0.5) is 0 Å². The van der Waals surface area contributed by atoms with Crippen LogP contribution in [0.25, 0.3) is 16.7 Å². The van der Waals surface area contributed by atoms with Gasteiger partial charge in [-0.25, -0.2) is 0 Å². The van der Waals surface area contributed by atoms with Crippen molar-refractivity contribution in [3.8, 4) is 5.75 Å². The Morgan fingerprint density at radius 3 is 2.68 bits per heavy atom. The van der Waals surface area contributed by atoms with Crippen molar-refractivity contribution in [3.05, 3.63) is 64.4 Å². The summed E-state index contributed by atoms with van der Waals surface area (Å²) in [6.45, 7) is 6.35. The normalized spacial score (nSPS) is 11.4. The summed E-state index contributed by atoms with van der Waals surface area (Å²) in [5.41, 5.74) is 1.88. The average molecular weight is 439 g/mol. The molecule has 162 valence electrons. The summed E-state index contributed by atoms with van der Waals surface area (Å²) in [6, 6.07) is 15.6. The number of para-hydroxylation sites is 2. The molecule has 0 amide bonds. The highest BCUT2D eigenvalue weighted by Gasteiger charge is 2.16. The molecule has 0 radical (unpaired) electrons. The molecule has 2 aromatic carbocycles. The Labute approximate surface area is 185 Å². The van der Waals surface area contributed by atoms with E-state index in [4.69, 9.17) is 9.47 Å². The van der Waals surface area contributed by atoms with Gasteiger partial charge >= 0.3 is 0 Å². The summed E-state index contributed by atoms with van der Waals surface area (Å²) in [4.78, 5) is 13.1. The summed E-state index contributed by atoms with van der Waals surface area (Å²) < 4.78 is 15.0. The van der Waals surface area contributed by atoms with Crippen molar-refractivity contribution in [1.82, 2.24) is 19.2 Å². The van der Waals surface area contributed by atoms with Crippen LogP contribution in [0.3, 0.4) is 0 Å². The van der Waals surface area contributed by atoms with Gasteiger partial charge in [0.25, 0.3) is 5.56 Å². The molecular weight excluding hydrogens is 412 g/mol. The van der Waals surface area contributed by atoms with E-state index in [2.05, 4.69) is 10.2 Å². The zero-order valence-electron chi connectivity index (χ0n) is 17.8. The minimum absolute atomic E-state index is 0.0496. The van der Waals surface area contributed by atoms with Crippen LogP contribution in [0.5, 0.6) is 5.75 Å². The zero-order valence-corrected chi connectivity index (χ0v) is 18.6. The van der Waals surface area contributed by atoms with E-state index in [-0.39, 0.29) is 5.56 Å². The third-order valence-corrected chi connectivity index (χ3v) is 5.91. The lowest BCUT2D eigenvalue weighted by Crippen LogP contribution is -2.24. The molecule has 0 N–H and O–H groups in total. The van der Waals surface area contributed by atoms with Gasteiger partial charge in [-0.3, -0.25) is 13.8 Å². The van der Waals surface area contributed by atoms with Gasteiger partial charge in [-0.05, 0) is 44.0 Å². The number of fused-ring (bicyclic) bond motifs is 3. The monoisotopic (exact) mass is 438 g/mol. The molecule has 0 spiro atoms. The van der Waals surface area contributed by atoms with Crippen molar-refractivity contribution in [2.75, 3.05) is 25.6 Å². The number of hydrogen-bond donors (Lipinski definition) is 0. The summed E-state index contributed by atoms with van der Waals surface area (Å²) in [6.07, 6.45) is 0.737. The number of aryl methyl sites for hydroxylation is 2. The lowest BCUT2D eigenvalue weighted by molar-refractivity contribution is 0.141. The molecule has 7 nitrogen and oxygen atoms in total. The van der Waals surface area contributed by atoms with E-state index >= 15 is 0 Å². The molecule has 0 unspecified atom stereocenters. The number of aromatic nitrogens is 4. The molecule has 8 heteroatoms. The first-order valence-electron chi connectivity index (χ1n) is 10.5. The Kier molecular flexibility index (Phi) is 6.89. The Morgan fingerprint density at radius 1 is 1.03 bits per heavy atom. The summed E-state index contributed by atoms with van der Waals surface area (Å²) in [7, 11) is 0. The second-order valence-corrected chi connectivity index (χ2v) is 8.17. The van der Waals surface area contributed by atoms with E-state index in [1.165, 1.54) is 0 Å². The van der Waals surface area contributed by atoms with Gasteiger partial charge in [-0.1, -0.05) is 42.1 Å². The molecular formula is C23H26N4O3S. The average Bonchev–Trinajstić information content (AvgIpc) is 3.21. The van der Waals surface area contributed by atoms with Crippen LogP contribution < -0.4 is 10.3 Å². The van der Waals surface area contributed by atoms with Gasteiger partial charge in [-0.15, -0.1) is 10.2 Å².